The van der Waals surface area contributed by atoms with Crippen LogP contribution in [0.2, 0.25) is 5.15 Å². The molecule has 0 radical (unpaired) electrons. The van der Waals surface area contributed by atoms with Crippen molar-refractivity contribution < 1.29 is 4.74 Å². The number of nitrogens with zero attached hydrogens (tertiary/aromatic N) is 1. The van der Waals surface area contributed by atoms with Crippen molar-refractivity contribution in [2.24, 2.45) is 16.7 Å². The molecular formula is C16H22ClNO. The average molecular weight is 280 g/mol. The second kappa shape index (κ2) is 4.46. The number of pyridine rings is 1. The third kappa shape index (κ3) is 2.00. The molecule has 0 aliphatic heterocycles. The van der Waals surface area contributed by atoms with Crippen LogP contribution in [-0.2, 0) is 11.3 Å². The van der Waals surface area contributed by atoms with E-state index in [1.165, 1.54) is 19.3 Å². The third-order valence-corrected chi connectivity index (χ3v) is 6.13. The van der Waals surface area contributed by atoms with Gasteiger partial charge in [-0.2, -0.15) is 0 Å². The molecule has 2 aliphatic rings. The van der Waals surface area contributed by atoms with Crippen molar-refractivity contribution >= 4 is 11.6 Å². The highest BCUT2D eigenvalue weighted by Crippen LogP contribution is 2.66. The van der Waals surface area contributed by atoms with Gasteiger partial charge in [-0.15, -0.1) is 0 Å². The minimum Gasteiger partial charge on any atom is -0.371 e. The van der Waals surface area contributed by atoms with Crippen molar-refractivity contribution in [2.75, 3.05) is 0 Å². The summed E-state index contributed by atoms with van der Waals surface area (Å²) in [5.41, 5.74) is 1.65. The number of hydrogen-bond acceptors (Lipinski definition) is 2. The number of rotatable bonds is 3. The minimum atomic E-state index is 0.316. The van der Waals surface area contributed by atoms with Crippen LogP contribution in [0.3, 0.4) is 0 Å². The van der Waals surface area contributed by atoms with Gasteiger partial charge in [0.15, 0.2) is 0 Å². The molecule has 2 bridgehead atoms. The smallest absolute Gasteiger partial charge is 0.129 e. The van der Waals surface area contributed by atoms with Crippen LogP contribution < -0.4 is 0 Å². The molecule has 3 unspecified atom stereocenters. The van der Waals surface area contributed by atoms with Gasteiger partial charge in [-0.1, -0.05) is 38.4 Å². The molecule has 1 aromatic heterocycles. The summed E-state index contributed by atoms with van der Waals surface area (Å²) >= 11 is 5.91. The number of fused-ring (bicyclic) bond motifs is 2. The lowest BCUT2D eigenvalue weighted by molar-refractivity contribution is -0.0560. The quantitative estimate of drug-likeness (QED) is 0.762. The minimum absolute atomic E-state index is 0.316. The van der Waals surface area contributed by atoms with Crippen molar-refractivity contribution in [1.82, 2.24) is 4.98 Å². The van der Waals surface area contributed by atoms with E-state index in [-0.39, 0.29) is 0 Å². The van der Waals surface area contributed by atoms with Gasteiger partial charge in [-0.3, -0.25) is 0 Å². The molecule has 2 saturated carbocycles. The third-order valence-electron chi connectivity index (χ3n) is 5.92. The van der Waals surface area contributed by atoms with E-state index in [1.54, 1.807) is 6.07 Å². The Labute approximate surface area is 120 Å². The van der Waals surface area contributed by atoms with Crippen molar-refractivity contribution in [3.8, 4) is 0 Å². The van der Waals surface area contributed by atoms with Crippen LogP contribution in [0.5, 0.6) is 0 Å². The molecule has 104 valence electrons. The molecule has 0 spiro atoms. The number of halogens is 1. The van der Waals surface area contributed by atoms with Crippen molar-refractivity contribution in [3.63, 3.8) is 0 Å². The van der Waals surface area contributed by atoms with Gasteiger partial charge in [0, 0.05) is 0 Å². The van der Waals surface area contributed by atoms with Gasteiger partial charge in [0.25, 0.3) is 0 Å². The van der Waals surface area contributed by atoms with E-state index in [4.69, 9.17) is 16.3 Å². The van der Waals surface area contributed by atoms with Crippen LogP contribution in [0.15, 0.2) is 18.2 Å². The topological polar surface area (TPSA) is 22.1 Å². The maximum absolute atomic E-state index is 6.20. The second-order valence-electron chi connectivity index (χ2n) is 6.86. The highest BCUT2D eigenvalue weighted by molar-refractivity contribution is 6.29. The first-order valence-electron chi connectivity index (χ1n) is 7.16. The zero-order valence-corrected chi connectivity index (χ0v) is 12.7. The maximum Gasteiger partial charge on any atom is 0.129 e. The summed E-state index contributed by atoms with van der Waals surface area (Å²) in [6.45, 7) is 7.79. The van der Waals surface area contributed by atoms with Gasteiger partial charge < -0.3 is 4.74 Å². The zero-order valence-electron chi connectivity index (χ0n) is 11.9. The largest absolute Gasteiger partial charge is 0.371 e. The molecule has 2 nitrogen and oxygen atoms in total. The highest BCUT2D eigenvalue weighted by Gasteiger charge is 2.61. The van der Waals surface area contributed by atoms with Gasteiger partial charge in [-0.25, -0.2) is 4.98 Å². The SMILES string of the molecule is CC1(C)C2CCC1(C)C(OCc1cccc(Cl)n1)C2. The lowest BCUT2D eigenvalue weighted by atomic mass is 9.70. The summed E-state index contributed by atoms with van der Waals surface area (Å²) in [7, 11) is 0. The lowest BCUT2D eigenvalue weighted by Gasteiger charge is -2.38. The Morgan fingerprint density at radius 1 is 1.37 bits per heavy atom. The maximum atomic E-state index is 6.20. The molecule has 3 rings (SSSR count). The van der Waals surface area contributed by atoms with Gasteiger partial charge in [0.2, 0.25) is 0 Å². The molecule has 1 aromatic rings. The van der Waals surface area contributed by atoms with Crippen LogP contribution in [0.1, 0.15) is 45.7 Å². The fourth-order valence-corrected chi connectivity index (χ4v) is 4.28. The summed E-state index contributed by atoms with van der Waals surface area (Å²) < 4.78 is 6.20. The zero-order chi connectivity index (χ0) is 13.7. The first-order valence-corrected chi connectivity index (χ1v) is 7.54. The van der Waals surface area contributed by atoms with Crippen molar-refractivity contribution in [3.05, 3.63) is 29.0 Å². The molecule has 3 atom stereocenters. The van der Waals surface area contributed by atoms with Crippen molar-refractivity contribution in [2.45, 2.75) is 52.7 Å². The van der Waals surface area contributed by atoms with Crippen LogP contribution in [0.4, 0.5) is 0 Å². The van der Waals surface area contributed by atoms with E-state index in [2.05, 4.69) is 25.8 Å². The molecule has 0 N–H and O–H groups in total. The van der Waals surface area contributed by atoms with Crippen molar-refractivity contribution in [1.29, 1.82) is 0 Å². The van der Waals surface area contributed by atoms with E-state index in [0.29, 0.717) is 28.7 Å². The van der Waals surface area contributed by atoms with Gasteiger partial charge in [0.05, 0.1) is 18.4 Å². The number of ether oxygens (including phenoxy) is 1. The highest BCUT2D eigenvalue weighted by atomic mass is 35.5. The van der Waals surface area contributed by atoms with E-state index in [1.807, 2.05) is 12.1 Å². The van der Waals surface area contributed by atoms with Gasteiger partial charge in [-0.05, 0) is 48.1 Å². The van der Waals surface area contributed by atoms with Crippen LogP contribution in [0.25, 0.3) is 0 Å². The lowest BCUT2D eigenvalue weighted by Crippen LogP contribution is -2.37. The predicted octanol–water partition coefficient (Wildman–Crippen LogP) is 4.47. The van der Waals surface area contributed by atoms with E-state index in [9.17, 15) is 0 Å². The van der Waals surface area contributed by atoms with Gasteiger partial charge >= 0.3 is 0 Å². The monoisotopic (exact) mass is 279 g/mol. The molecule has 2 fully saturated rings. The predicted molar refractivity (Wildman–Crippen MR) is 77.1 cm³/mol. The summed E-state index contributed by atoms with van der Waals surface area (Å²) in [5.74, 6) is 0.815. The fraction of sp³-hybridized carbons (Fsp3) is 0.688. The summed E-state index contributed by atoms with van der Waals surface area (Å²) in [6.07, 6.45) is 4.21. The Morgan fingerprint density at radius 3 is 2.74 bits per heavy atom. The Morgan fingerprint density at radius 2 is 2.16 bits per heavy atom. The normalized spacial score (nSPS) is 35.8. The molecule has 19 heavy (non-hydrogen) atoms. The molecule has 0 aromatic carbocycles. The Balaban J connectivity index is 1.69. The van der Waals surface area contributed by atoms with E-state index in [0.717, 1.165) is 11.6 Å². The van der Waals surface area contributed by atoms with E-state index < -0.39 is 0 Å². The van der Waals surface area contributed by atoms with Crippen LogP contribution in [-0.4, -0.2) is 11.1 Å². The average Bonchev–Trinajstić information content (AvgIpc) is 2.69. The number of aromatic nitrogens is 1. The van der Waals surface area contributed by atoms with Crippen LogP contribution in [0, 0.1) is 16.7 Å². The second-order valence-corrected chi connectivity index (χ2v) is 7.25. The Bertz CT molecular complexity index is 487. The number of hydrogen-bond donors (Lipinski definition) is 0. The molecule has 0 amide bonds. The Hall–Kier alpha value is -0.600. The molecule has 3 heteroatoms. The standard InChI is InChI=1S/C16H22ClNO/c1-15(2)11-7-8-16(15,3)13(9-11)19-10-12-5-4-6-14(17)18-12/h4-6,11,13H,7-10H2,1-3H3. The molecule has 0 saturated heterocycles. The summed E-state index contributed by atoms with van der Waals surface area (Å²) in [5, 5.41) is 0.542. The first-order chi connectivity index (χ1) is 8.93. The summed E-state index contributed by atoms with van der Waals surface area (Å²) in [6, 6.07) is 5.71. The summed E-state index contributed by atoms with van der Waals surface area (Å²) in [4.78, 5) is 4.30. The van der Waals surface area contributed by atoms with Crippen LogP contribution >= 0.6 is 11.6 Å². The van der Waals surface area contributed by atoms with E-state index >= 15 is 0 Å². The molecule has 1 heterocycles. The molecular weight excluding hydrogens is 258 g/mol. The van der Waals surface area contributed by atoms with Gasteiger partial charge in [0.1, 0.15) is 5.15 Å². The fourth-order valence-electron chi connectivity index (χ4n) is 4.10. The Kier molecular flexibility index (Phi) is 3.14. The molecule has 2 aliphatic carbocycles. The first kappa shape index (κ1) is 13.4.